The van der Waals surface area contributed by atoms with Crippen LogP contribution in [0.4, 0.5) is 50.9 Å². The molecule has 2 aliphatic rings. The van der Waals surface area contributed by atoms with E-state index in [0.717, 1.165) is 29.3 Å². The monoisotopic (exact) mass is 1020 g/mol. The highest BCUT2D eigenvalue weighted by molar-refractivity contribution is 6.09. The van der Waals surface area contributed by atoms with E-state index in [9.17, 15) is 50.4 Å². The number of amides is 3. The van der Waals surface area contributed by atoms with Crippen LogP contribution in [0.1, 0.15) is 88.9 Å². The van der Waals surface area contributed by atoms with E-state index in [0.29, 0.717) is 59.9 Å². The van der Waals surface area contributed by atoms with Crippen LogP contribution >= 0.6 is 0 Å². The Morgan fingerprint density at radius 1 is 0.959 bits per heavy atom. The largest absolute Gasteiger partial charge is 0.494 e. The number of nitrogens with zero attached hydrogens (tertiary/aromatic N) is 6. The molecule has 0 spiro atoms. The number of carbonyl (C=O) groups is 3. The van der Waals surface area contributed by atoms with Gasteiger partial charge < -0.3 is 29.6 Å². The summed E-state index contributed by atoms with van der Waals surface area (Å²) in [4.78, 5) is 55.6. The molecule has 22 heteroatoms. The Morgan fingerprint density at radius 3 is 2.34 bits per heavy atom. The van der Waals surface area contributed by atoms with Crippen LogP contribution < -0.4 is 19.9 Å². The Labute approximate surface area is 413 Å². The van der Waals surface area contributed by atoms with E-state index in [-0.39, 0.29) is 43.6 Å². The Kier molecular flexibility index (Phi) is 15.1. The van der Waals surface area contributed by atoms with Gasteiger partial charge in [0.2, 0.25) is 11.8 Å². The third-order valence-corrected chi connectivity index (χ3v) is 12.4. The fourth-order valence-corrected chi connectivity index (χ4v) is 8.84. The van der Waals surface area contributed by atoms with Gasteiger partial charge in [-0.25, -0.2) is 18.2 Å². The number of nitriles is 1. The maximum Gasteiger partial charge on any atom is 0.420 e. The summed E-state index contributed by atoms with van der Waals surface area (Å²) in [5, 5.41) is 12.0. The third-order valence-electron chi connectivity index (χ3n) is 12.4. The molecule has 2 atom stereocenters. The molecule has 73 heavy (non-hydrogen) atoms. The molecule has 2 saturated heterocycles. The molecular weight excluding hydrogens is 976 g/mol. The Hall–Kier alpha value is -7.41. The summed E-state index contributed by atoms with van der Waals surface area (Å²) < 4.78 is 141. The zero-order valence-electron chi connectivity index (χ0n) is 40.1. The first-order valence-electron chi connectivity index (χ1n) is 22.9. The van der Waals surface area contributed by atoms with Gasteiger partial charge in [0.05, 0.1) is 59.3 Å². The number of nitrogens with one attached hydrogen (secondary N) is 2. The number of alkyl halides is 6. The van der Waals surface area contributed by atoms with Crippen molar-refractivity contribution in [2.75, 3.05) is 36.2 Å². The second-order valence-corrected chi connectivity index (χ2v) is 19.0. The molecule has 4 heterocycles. The fraction of sp³-hybridized carbons (Fsp3) is 0.373. The number of hydrogen-bond donors (Lipinski definition) is 2. The van der Waals surface area contributed by atoms with Gasteiger partial charge in [-0.15, -0.1) is 0 Å². The zero-order valence-corrected chi connectivity index (χ0v) is 40.1. The van der Waals surface area contributed by atoms with Gasteiger partial charge in [0.15, 0.2) is 11.6 Å². The van der Waals surface area contributed by atoms with E-state index in [1.165, 1.54) is 38.1 Å². The van der Waals surface area contributed by atoms with Gasteiger partial charge in [0.1, 0.15) is 52.7 Å². The number of imidazole rings is 1. The van der Waals surface area contributed by atoms with Crippen molar-refractivity contribution in [3.63, 3.8) is 0 Å². The fourth-order valence-electron chi connectivity index (χ4n) is 8.84. The molecule has 0 aliphatic carbocycles. The van der Waals surface area contributed by atoms with E-state index in [1.54, 1.807) is 23.2 Å². The number of pyridine rings is 1. The molecule has 13 nitrogen and oxygen atoms in total. The number of aromatic nitrogens is 3. The van der Waals surface area contributed by atoms with Crippen LogP contribution in [0.15, 0.2) is 85.5 Å². The number of halogens is 9. The summed E-state index contributed by atoms with van der Waals surface area (Å²) in [6, 6.07) is 11.0. The van der Waals surface area contributed by atoms with Crippen molar-refractivity contribution in [1.29, 1.82) is 5.26 Å². The summed E-state index contributed by atoms with van der Waals surface area (Å²) in [7, 11) is 0. The van der Waals surface area contributed by atoms with Crippen LogP contribution in [0, 0.1) is 34.2 Å². The van der Waals surface area contributed by atoms with Gasteiger partial charge in [-0.1, -0.05) is 39.5 Å². The summed E-state index contributed by atoms with van der Waals surface area (Å²) in [6.07, 6.45) is -5.89. The molecule has 5 aromatic rings. The van der Waals surface area contributed by atoms with Crippen molar-refractivity contribution in [2.45, 2.75) is 90.3 Å². The molecule has 0 bridgehead atoms. The van der Waals surface area contributed by atoms with Crippen LogP contribution in [0.3, 0.4) is 0 Å². The van der Waals surface area contributed by atoms with E-state index < -0.39 is 104 Å². The molecule has 7 rings (SSSR count). The lowest BCUT2D eigenvalue weighted by molar-refractivity contribution is -0.141. The molecule has 2 aliphatic heterocycles. The van der Waals surface area contributed by atoms with E-state index in [1.807, 2.05) is 20.8 Å². The molecule has 0 unspecified atom stereocenters. The number of unbranched alkanes of at least 4 members (excludes halogenated alkanes) is 1. The lowest BCUT2D eigenvalue weighted by Crippen LogP contribution is -2.55. The van der Waals surface area contributed by atoms with Crippen LogP contribution in [0.5, 0.6) is 5.75 Å². The van der Waals surface area contributed by atoms with Crippen molar-refractivity contribution in [3.05, 3.63) is 125 Å². The van der Waals surface area contributed by atoms with Crippen molar-refractivity contribution >= 4 is 29.1 Å². The highest BCUT2D eigenvalue weighted by atomic mass is 19.4. The molecule has 386 valence electrons. The van der Waals surface area contributed by atoms with Gasteiger partial charge in [-0.3, -0.25) is 24.3 Å². The molecular formula is C51H49F9N8O5. The molecule has 3 amide bonds. The topological polar surface area (TPSA) is 157 Å². The van der Waals surface area contributed by atoms with Crippen molar-refractivity contribution < 1.29 is 63.4 Å². The van der Waals surface area contributed by atoms with Gasteiger partial charge in [0.25, 0.3) is 5.91 Å². The van der Waals surface area contributed by atoms with Crippen molar-refractivity contribution in [3.8, 4) is 34.3 Å². The molecule has 2 aromatic heterocycles. The quantitative estimate of drug-likeness (QED) is 0.0770. The SMILES string of the molecule is C=C1N(c2ccc(C#N)c(C(F)(F)F)c2F)C(=O)C(C)(C)N1c1cnc(-c2ccc(OCCCCOCC(=O)N[C@H](C(=O)N3CCC[C@H]3c3ncc(-c4cccc(F)c4)[nH]3)C(C)(C)C)cc2C(F)(F)F)c(F)c1. The minimum Gasteiger partial charge on any atom is -0.494 e. The summed E-state index contributed by atoms with van der Waals surface area (Å²) in [6.45, 7) is 11.8. The maximum absolute atomic E-state index is 15.9. The standard InChI is InChI=1S/C51H49F9N8O5/c1-28-67(38-17-14-30(24-61)41(42(38)54)51(58,59)60)47(71)49(5,6)68(28)32-22-36(53)43(62-25-32)34-16-15-33(23-35(34)50(55,56)57)73-20-8-7-19-72-27-40(69)65-44(48(2,3)4)46(70)66-18-10-13-39(66)45-63-26-37(64-45)29-11-9-12-31(52)21-29/h9,11-12,14-17,21-23,25-26,39,44H,1,7-8,10,13,18-20,27H2,2-6H3,(H,63,64)(H,65,69)/t39-,44+/m0/s1. The first kappa shape index (κ1) is 53.4. The second-order valence-electron chi connectivity index (χ2n) is 19.0. The van der Waals surface area contributed by atoms with Crippen LogP contribution in [-0.2, 0) is 31.5 Å². The van der Waals surface area contributed by atoms with Crippen LogP contribution in [0.25, 0.3) is 22.5 Å². The number of H-pyrrole nitrogens is 1. The first-order valence-corrected chi connectivity index (χ1v) is 22.9. The molecule has 0 saturated carbocycles. The zero-order chi connectivity index (χ0) is 53.4. The second kappa shape index (κ2) is 20.6. The lowest BCUT2D eigenvalue weighted by atomic mass is 9.85. The van der Waals surface area contributed by atoms with Crippen molar-refractivity contribution in [2.24, 2.45) is 5.41 Å². The van der Waals surface area contributed by atoms with Gasteiger partial charge >= 0.3 is 12.4 Å². The minimum atomic E-state index is -5.32. The predicted molar refractivity (Wildman–Crippen MR) is 249 cm³/mol. The Morgan fingerprint density at radius 2 is 1.68 bits per heavy atom. The highest BCUT2D eigenvalue weighted by Gasteiger charge is 2.51. The molecule has 3 aromatic carbocycles. The average Bonchev–Trinajstić information content (AvgIpc) is 4.04. The normalized spacial score (nSPS) is 16.5. The van der Waals surface area contributed by atoms with Gasteiger partial charge in [-0.2, -0.15) is 31.6 Å². The summed E-state index contributed by atoms with van der Waals surface area (Å²) in [5.41, 5.74) is -8.07. The van der Waals surface area contributed by atoms with Crippen molar-refractivity contribution in [1.82, 2.24) is 25.2 Å². The van der Waals surface area contributed by atoms with E-state index >= 15 is 8.78 Å². The number of aromatic amines is 1. The molecule has 2 fully saturated rings. The van der Waals surface area contributed by atoms with Crippen LogP contribution in [0.2, 0.25) is 0 Å². The maximum atomic E-state index is 15.9. The Bertz CT molecular complexity index is 2980. The lowest BCUT2D eigenvalue weighted by Gasteiger charge is -2.35. The van der Waals surface area contributed by atoms with E-state index in [4.69, 9.17) is 9.47 Å². The number of ether oxygens (including phenoxy) is 2. The minimum absolute atomic E-state index is 0.0679. The van der Waals surface area contributed by atoms with Gasteiger partial charge in [0, 0.05) is 30.3 Å². The van der Waals surface area contributed by atoms with Gasteiger partial charge in [-0.05, 0) is 87.4 Å². The Balaban J connectivity index is 0.936. The van der Waals surface area contributed by atoms with E-state index in [2.05, 4.69) is 26.8 Å². The predicted octanol–water partition coefficient (Wildman–Crippen LogP) is 10.6. The molecule has 0 radical (unpaired) electrons. The smallest absolute Gasteiger partial charge is 0.420 e. The van der Waals surface area contributed by atoms with Crippen LogP contribution in [-0.4, -0.2) is 75.5 Å². The number of carbonyl (C=O) groups excluding carboxylic acids is 3. The first-order chi connectivity index (χ1) is 34.2. The number of hydrogen-bond acceptors (Lipinski definition) is 9. The number of likely N-dealkylation sites (tertiary alicyclic amines) is 1. The number of rotatable bonds is 15. The average molecular weight is 1020 g/mol. The number of benzene rings is 3. The third kappa shape index (κ3) is 11.2. The number of anilines is 2. The summed E-state index contributed by atoms with van der Waals surface area (Å²) in [5.74, 6) is -5.56. The summed E-state index contributed by atoms with van der Waals surface area (Å²) >= 11 is 0. The molecule has 2 N–H and O–H groups in total. The highest BCUT2D eigenvalue weighted by Crippen LogP contribution is 2.46.